The third-order valence-electron chi connectivity index (χ3n) is 3.53. The molecule has 0 aliphatic rings. The molecule has 0 atom stereocenters. The Bertz CT molecular complexity index is 763. The standard InChI is InChI=1S/C15H18N4O/c1-10-8-12-13(9-11(10)2)19-6-4-17-15(19)14(18-12)16-5-7-20-3/h4,6,8-9H,5,7H2,1-3H3,(H,16,18). The summed E-state index contributed by atoms with van der Waals surface area (Å²) in [6, 6.07) is 4.27. The van der Waals surface area contributed by atoms with E-state index in [0.29, 0.717) is 13.2 Å². The summed E-state index contributed by atoms with van der Waals surface area (Å²) in [5.74, 6) is 0.794. The maximum absolute atomic E-state index is 5.06. The van der Waals surface area contributed by atoms with Crippen molar-refractivity contribution in [1.82, 2.24) is 14.4 Å². The van der Waals surface area contributed by atoms with E-state index < -0.39 is 0 Å². The molecule has 2 aromatic heterocycles. The van der Waals surface area contributed by atoms with Crippen LogP contribution in [0.25, 0.3) is 16.7 Å². The first-order chi connectivity index (χ1) is 9.70. The SMILES string of the molecule is COCCNc1nc2cc(C)c(C)cc2n2ccnc12. The Morgan fingerprint density at radius 2 is 2.05 bits per heavy atom. The largest absolute Gasteiger partial charge is 0.383 e. The van der Waals surface area contributed by atoms with Crippen LogP contribution in [-0.4, -0.2) is 34.6 Å². The predicted molar refractivity (Wildman–Crippen MR) is 80.3 cm³/mol. The molecule has 0 saturated carbocycles. The smallest absolute Gasteiger partial charge is 0.180 e. The zero-order valence-corrected chi connectivity index (χ0v) is 12.0. The maximum Gasteiger partial charge on any atom is 0.180 e. The highest BCUT2D eigenvalue weighted by Gasteiger charge is 2.10. The number of aryl methyl sites for hydroxylation is 2. The summed E-state index contributed by atoms with van der Waals surface area (Å²) in [4.78, 5) is 9.10. The van der Waals surface area contributed by atoms with Crippen molar-refractivity contribution in [2.24, 2.45) is 0 Å². The van der Waals surface area contributed by atoms with Crippen LogP contribution in [0, 0.1) is 13.8 Å². The fourth-order valence-corrected chi connectivity index (χ4v) is 2.30. The summed E-state index contributed by atoms with van der Waals surface area (Å²) in [6.45, 7) is 5.57. The van der Waals surface area contributed by atoms with E-state index in [-0.39, 0.29) is 0 Å². The summed E-state index contributed by atoms with van der Waals surface area (Å²) in [5.41, 5.74) is 5.40. The first-order valence-electron chi connectivity index (χ1n) is 6.67. The van der Waals surface area contributed by atoms with E-state index >= 15 is 0 Å². The topological polar surface area (TPSA) is 51.5 Å². The fraction of sp³-hybridized carbons (Fsp3) is 0.333. The Balaban J connectivity index is 2.18. The second-order valence-corrected chi connectivity index (χ2v) is 4.93. The molecule has 0 spiro atoms. The van der Waals surface area contributed by atoms with Crippen LogP contribution >= 0.6 is 0 Å². The zero-order valence-electron chi connectivity index (χ0n) is 12.0. The number of nitrogens with one attached hydrogen (secondary N) is 1. The molecule has 0 unspecified atom stereocenters. The van der Waals surface area contributed by atoms with Crippen LogP contribution in [0.1, 0.15) is 11.1 Å². The van der Waals surface area contributed by atoms with Gasteiger partial charge in [0.05, 0.1) is 17.6 Å². The van der Waals surface area contributed by atoms with Crippen LogP contribution in [0.2, 0.25) is 0 Å². The second kappa shape index (κ2) is 5.09. The molecule has 0 radical (unpaired) electrons. The minimum absolute atomic E-state index is 0.638. The lowest BCUT2D eigenvalue weighted by atomic mass is 10.1. The van der Waals surface area contributed by atoms with Gasteiger partial charge < -0.3 is 10.1 Å². The second-order valence-electron chi connectivity index (χ2n) is 4.93. The quantitative estimate of drug-likeness (QED) is 0.740. The molecule has 5 nitrogen and oxygen atoms in total. The van der Waals surface area contributed by atoms with E-state index in [9.17, 15) is 0 Å². The molecule has 3 aromatic rings. The number of ether oxygens (including phenoxy) is 1. The lowest BCUT2D eigenvalue weighted by Crippen LogP contribution is -2.10. The zero-order chi connectivity index (χ0) is 14.1. The highest BCUT2D eigenvalue weighted by Crippen LogP contribution is 2.23. The van der Waals surface area contributed by atoms with Gasteiger partial charge >= 0.3 is 0 Å². The third kappa shape index (κ3) is 2.10. The van der Waals surface area contributed by atoms with E-state index in [1.807, 2.05) is 6.20 Å². The van der Waals surface area contributed by atoms with Crippen LogP contribution in [0.5, 0.6) is 0 Å². The van der Waals surface area contributed by atoms with E-state index in [1.54, 1.807) is 13.3 Å². The molecular weight excluding hydrogens is 252 g/mol. The monoisotopic (exact) mass is 270 g/mol. The van der Waals surface area contributed by atoms with E-state index in [1.165, 1.54) is 11.1 Å². The van der Waals surface area contributed by atoms with Crippen LogP contribution in [-0.2, 0) is 4.74 Å². The van der Waals surface area contributed by atoms with Gasteiger partial charge in [0.25, 0.3) is 0 Å². The summed E-state index contributed by atoms with van der Waals surface area (Å²) < 4.78 is 7.14. The lowest BCUT2D eigenvalue weighted by Gasteiger charge is -2.11. The predicted octanol–water partition coefficient (Wildman–Crippen LogP) is 2.56. The molecule has 0 amide bonds. The molecule has 3 rings (SSSR count). The van der Waals surface area contributed by atoms with Crippen LogP contribution < -0.4 is 5.32 Å². The van der Waals surface area contributed by atoms with E-state index in [2.05, 4.69) is 40.7 Å². The summed E-state index contributed by atoms with van der Waals surface area (Å²) in [6.07, 6.45) is 3.77. The molecule has 0 aliphatic carbocycles. The van der Waals surface area contributed by atoms with Crippen LogP contribution in [0.15, 0.2) is 24.5 Å². The molecule has 0 fully saturated rings. The number of methoxy groups -OCH3 is 1. The van der Waals surface area contributed by atoms with Gasteiger partial charge in [0, 0.05) is 26.0 Å². The fourth-order valence-electron chi connectivity index (χ4n) is 2.30. The molecule has 0 bridgehead atoms. The number of rotatable bonds is 4. The Kier molecular flexibility index (Phi) is 3.28. The van der Waals surface area contributed by atoms with Crippen LogP contribution in [0.4, 0.5) is 5.82 Å². The van der Waals surface area contributed by atoms with Gasteiger partial charge in [-0.1, -0.05) is 0 Å². The number of hydrogen-bond donors (Lipinski definition) is 1. The van der Waals surface area contributed by atoms with Gasteiger partial charge in [-0.05, 0) is 37.1 Å². The average molecular weight is 270 g/mol. The van der Waals surface area contributed by atoms with Gasteiger partial charge in [0.1, 0.15) is 0 Å². The van der Waals surface area contributed by atoms with Gasteiger partial charge in [-0.3, -0.25) is 4.40 Å². The minimum atomic E-state index is 0.638. The van der Waals surface area contributed by atoms with Crippen molar-refractivity contribution >= 4 is 22.5 Å². The third-order valence-corrected chi connectivity index (χ3v) is 3.53. The normalized spacial score (nSPS) is 11.3. The van der Waals surface area contributed by atoms with Gasteiger partial charge in [0.15, 0.2) is 11.5 Å². The lowest BCUT2D eigenvalue weighted by molar-refractivity contribution is 0.210. The first kappa shape index (κ1) is 12.9. The number of imidazole rings is 1. The average Bonchev–Trinajstić information content (AvgIpc) is 2.91. The Morgan fingerprint density at radius 1 is 1.25 bits per heavy atom. The summed E-state index contributed by atoms with van der Waals surface area (Å²) >= 11 is 0. The summed E-state index contributed by atoms with van der Waals surface area (Å²) in [5, 5.41) is 3.28. The number of aromatic nitrogens is 3. The highest BCUT2D eigenvalue weighted by molar-refractivity contribution is 5.84. The van der Waals surface area contributed by atoms with Crippen molar-refractivity contribution in [3.8, 4) is 0 Å². The number of anilines is 1. The number of fused-ring (bicyclic) bond motifs is 3. The van der Waals surface area contributed by atoms with Crippen molar-refractivity contribution < 1.29 is 4.74 Å². The highest BCUT2D eigenvalue weighted by atomic mass is 16.5. The van der Waals surface area contributed by atoms with Crippen molar-refractivity contribution in [3.05, 3.63) is 35.7 Å². The van der Waals surface area contributed by atoms with Crippen molar-refractivity contribution in [1.29, 1.82) is 0 Å². The molecule has 5 heteroatoms. The number of hydrogen-bond acceptors (Lipinski definition) is 4. The number of nitrogens with zero attached hydrogens (tertiary/aromatic N) is 3. The van der Waals surface area contributed by atoms with E-state index in [4.69, 9.17) is 9.72 Å². The van der Waals surface area contributed by atoms with Crippen LogP contribution in [0.3, 0.4) is 0 Å². The van der Waals surface area contributed by atoms with Crippen molar-refractivity contribution in [2.75, 3.05) is 25.6 Å². The molecule has 0 saturated heterocycles. The molecule has 1 aromatic carbocycles. The molecule has 0 aliphatic heterocycles. The molecule has 2 heterocycles. The number of benzene rings is 1. The van der Waals surface area contributed by atoms with Crippen molar-refractivity contribution in [2.45, 2.75) is 13.8 Å². The van der Waals surface area contributed by atoms with Crippen molar-refractivity contribution in [3.63, 3.8) is 0 Å². The Morgan fingerprint density at radius 3 is 2.85 bits per heavy atom. The Labute approximate surface area is 117 Å². The summed E-state index contributed by atoms with van der Waals surface area (Å²) in [7, 11) is 1.69. The Hall–Kier alpha value is -2.14. The minimum Gasteiger partial charge on any atom is -0.383 e. The first-order valence-corrected chi connectivity index (χ1v) is 6.67. The van der Waals surface area contributed by atoms with Gasteiger partial charge in [-0.25, -0.2) is 9.97 Å². The van der Waals surface area contributed by atoms with Gasteiger partial charge in [-0.2, -0.15) is 0 Å². The molecule has 104 valence electrons. The maximum atomic E-state index is 5.06. The molecule has 20 heavy (non-hydrogen) atoms. The van der Waals surface area contributed by atoms with Gasteiger partial charge in [-0.15, -0.1) is 0 Å². The van der Waals surface area contributed by atoms with E-state index in [0.717, 1.165) is 22.5 Å². The van der Waals surface area contributed by atoms with Gasteiger partial charge in [0.2, 0.25) is 0 Å². The molecular formula is C15H18N4O. The molecule has 1 N–H and O–H groups in total.